The summed E-state index contributed by atoms with van der Waals surface area (Å²) in [5.74, 6) is -0.900. The molecule has 0 atom stereocenters. The predicted octanol–water partition coefficient (Wildman–Crippen LogP) is 6.46. The molecular formula is C28H20ClN3O3. The number of benzene rings is 3. The molecule has 0 saturated carbocycles. The van der Waals surface area contributed by atoms with Crippen molar-refractivity contribution >= 4 is 34.3 Å². The zero-order valence-corrected chi connectivity index (χ0v) is 19.3. The number of aromatic nitrogens is 3. The second-order valence-corrected chi connectivity index (χ2v) is 8.49. The first kappa shape index (κ1) is 22.5. The third-order valence-corrected chi connectivity index (χ3v) is 5.99. The van der Waals surface area contributed by atoms with E-state index in [9.17, 15) is 9.59 Å². The summed E-state index contributed by atoms with van der Waals surface area (Å²) in [5, 5.41) is 10.1. The van der Waals surface area contributed by atoms with Crippen molar-refractivity contribution in [2.75, 3.05) is 0 Å². The van der Waals surface area contributed by atoms with Gasteiger partial charge in [0, 0.05) is 45.9 Å². The molecule has 1 N–H and O–H groups in total. The highest BCUT2D eigenvalue weighted by Crippen LogP contribution is 2.32. The van der Waals surface area contributed by atoms with E-state index in [-0.39, 0.29) is 18.6 Å². The smallest absolute Gasteiger partial charge is 0.303 e. The van der Waals surface area contributed by atoms with Gasteiger partial charge in [-0.1, -0.05) is 72.3 Å². The normalized spacial score (nSPS) is 11.0. The fraction of sp³-hybridized carbons (Fsp3) is 0.0714. The highest BCUT2D eigenvalue weighted by atomic mass is 35.5. The molecule has 0 amide bonds. The van der Waals surface area contributed by atoms with Crippen LogP contribution in [0.3, 0.4) is 0 Å². The van der Waals surface area contributed by atoms with Crippen LogP contribution in [0, 0.1) is 0 Å². The summed E-state index contributed by atoms with van der Waals surface area (Å²) in [6, 6.07) is 25.0. The largest absolute Gasteiger partial charge is 0.481 e. The predicted molar refractivity (Wildman–Crippen MR) is 136 cm³/mol. The maximum atomic E-state index is 12.9. The maximum absolute atomic E-state index is 12.9. The Labute approximate surface area is 206 Å². The lowest BCUT2D eigenvalue weighted by atomic mass is 10.0. The van der Waals surface area contributed by atoms with Crippen LogP contribution < -0.4 is 0 Å². The van der Waals surface area contributed by atoms with Crippen molar-refractivity contribution in [1.82, 2.24) is 14.5 Å². The van der Waals surface area contributed by atoms with Crippen molar-refractivity contribution < 1.29 is 14.7 Å². The summed E-state index contributed by atoms with van der Waals surface area (Å²) in [5.41, 5.74) is 4.67. The number of carboxylic acid groups (broad SMARTS) is 1. The molecule has 35 heavy (non-hydrogen) atoms. The van der Waals surface area contributed by atoms with Gasteiger partial charge in [-0.05, 0) is 23.8 Å². The van der Waals surface area contributed by atoms with Crippen molar-refractivity contribution in [3.8, 4) is 28.3 Å². The Bertz CT molecular complexity index is 1550. The van der Waals surface area contributed by atoms with Crippen molar-refractivity contribution in [3.63, 3.8) is 0 Å². The number of Topliss-reactive ketones (excluding diaryl/α,β-unsaturated/α-hetero) is 1. The van der Waals surface area contributed by atoms with Crippen LogP contribution in [-0.4, -0.2) is 31.4 Å². The van der Waals surface area contributed by atoms with E-state index in [2.05, 4.69) is 4.98 Å². The zero-order chi connectivity index (χ0) is 24.4. The van der Waals surface area contributed by atoms with Gasteiger partial charge in [0.1, 0.15) is 0 Å². The van der Waals surface area contributed by atoms with E-state index in [1.54, 1.807) is 29.1 Å². The highest BCUT2D eigenvalue weighted by molar-refractivity contribution is 6.31. The monoisotopic (exact) mass is 481 g/mol. The van der Waals surface area contributed by atoms with Gasteiger partial charge in [0.15, 0.2) is 5.78 Å². The molecule has 0 unspecified atom stereocenters. The van der Waals surface area contributed by atoms with E-state index in [4.69, 9.17) is 21.7 Å². The topological polar surface area (TPSA) is 85.1 Å². The SMILES string of the molecule is O=C(O)CCC(=O)c1cn(-c2ncc(-c3ccccc3)c(-c3ccccc3)n2)c2ccc(Cl)cc12. The summed E-state index contributed by atoms with van der Waals surface area (Å²) in [4.78, 5) is 33.5. The number of nitrogens with zero attached hydrogens (tertiary/aromatic N) is 3. The van der Waals surface area contributed by atoms with E-state index in [1.165, 1.54) is 0 Å². The minimum atomic E-state index is -1.02. The fourth-order valence-corrected chi connectivity index (χ4v) is 4.25. The van der Waals surface area contributed by atoms with E-state index in [1.807, 2.05) is 66.7 Å². The lowest BCUT2D eigenvalue weighted by Crippen LogP contribution is -2.04. The molecule has 0 aliphatic heterocycles. The van der Waals surface area contributed by atoms with Crippen molar-refractivity contribution in [3.05, 3.63) is 102 Å². The molecule has 0 bridgehead atoms. The molecule has 2 heterocycles. The molecule has 2 aromatic heterocycles. The van der Waals surface area contributed by atoms with Gasteiger partial charge in [-0.25, -0.2) is 9.97 Å². The second kappa shape index (κ2) is 9.52. The third-order valence-electron chi connectivity index (χ3n) is 5.76. The number of aliphatic carboxylic acids is 1. The number of carboxylic acids is 1. The summed E-state index contributed by atoms with van der Waals surface area (Å²) in [6.07, 6.45) is 3.10. The van der Waals surface area contributed by atoms with E-state index in [0.717, 1.165) is 22.4 Å². The molecule has 3 aromatic carbocycles. The number of rotatable bonds is 7. The van der Waals surface area contributed by atoms with Crippen molar-refractivity contribution in [1.29, 1.82) is 0 Å². The average molecular weight is 482 g/mol. The number of halogens is 1. The lowest BCUT2D eigenvalue weighted by molar-refractivity contribution is -0.136. The molecule has 6 nitrogen and oxygen atoms in total. The second-order valence-electron chi connectivity index (χ2n) is 8.06. The number of hydrogen-bond acceptors (Lipinski definition) is 4. The van der Waals surface area contributed by atoms with Crippen LogP contribution in [0.15, 0.2) is 91.3 Å². The summed E-state index contributed by atoms with van der Waals surface area (Å²) in [6.45, 7) is 0. The highest BCUT2D eigenvalue weighted by Gasteiger charge is 2.20. The van der Waals surface area contributed by atoms with Gasteiger partial charge in [-0.2, -0.15) is 0 Å². The minimum Gasteiger partial charge on any atom is -0.481 e. The van der Waals surface area contributed by atoms with E-state index in [0.29, 0.717) is 27.4 Å². The molecule has 0 radical (unpaired) electrons. The van der Waals surface area contributed by atoms with Crippen LogP contribution >= 0.6 is 11.6 Å². The van der Waals surface area contributed by atoms with Crippen LogP contribution in [0.1, 0.15) is 23.2 Å². The molecular weight excluding hydrogens is 462 g/mol. The Balaban J connectivity index is 1.69. The average Bonchev–Trinajstić information content (AvgIpc) is 3.26. The third kappa shape index (κ3) is 4.56. The Morgan fingerprint density at radius 1 is 0.886 bits per heavy atom. The Morgan fingerprint density at radius 2 is 1.57 bits per heavy atom. The standard InChI is InChI=1S/C28H20ClN3O3/c29-20-11-12-24-21(15-20)23(25(33)13-14-26(34)35)17-32(24)28-30-16-22(18-7-3-1-4-8-18)27(31-28)19-9-5-2-6-10-19/h1-12,15-17H,13-14H2,(H,34,35). The Hall–Kier alpha value is -4.29. The Morgan fingerprint density at radius 3 is 2.26 bits per heavy atom. The van der Waals surface area contributed by atoms with E-state index < -0.39 is 5.97 Å². The maximum Gasteiger partial charge on any atom is 0.303 e. The van der Waals surface area contributed by atoms with Gasteiger partial charge >= 0.3 is 5.97 Å². The first-order valence-electron chi connectivity index (χ1n) is 11.0. The molecule has 0 saturated heterocycles. The number of ketones is 1. The van der Waals surface area contributed by atoms with Crippen LogP contribution in [0.2, 0.25) is 5.02 Å². The number of carbonyl (C=O) groups excluding carboxylic acids is 1. The van der Waals surface area contributed by atoms with Crippen LogP contribution in [0.25, 0.3) is 39.2 Å². The van der Waals surface area contributed by atoms with Gasteiger partial charge in [-0.15, -0.1) is 0 Å². The molecule has 0 spiro atoms. The molecule has 172 valence electrons. The zero-order valence-electron chi connectivity index (χ0n) is 18.6. The van der Waals surface area contributed by atoms with Gasteiger partial charge in [0.25, 0.3) is 0 Å². The van der Waals surface area contributed by atoms with Gasteiger partial charge < -0.3 is 5.11 Å². The van der Waals surface area contributed by atoms with Crippen LogP contribution in [-0.2, 0) is 4.79 Å². The van der Waals surface area contributed by atoms with Gasteiger partial charge in [0.05, 0.1) is 17.6 Å². The molecule has 0 aliphatic carbocycles. The molecule has 5 aromatic rings. The van der Waals surface area contributed by atoms with E-state index >= 15 is 0 Å². The fourth-order valence-electron chi connectivity index (χ4n) is 4.08. The molecule has 7 heteroatoms. The van der Waals surface area contributed by atoms with Gasteiger partial charge in [0.2, 0.25) is 5.95 Å². The first-order chi connectivity index (χ1) is 17.0. The molecule has 5 rings (SSSR count). The molecule has 0 aliphatic rings. The summed E-state index contributed by atoms with van der Waals surface area (Å²) in [7, 11) is 0. The summed E-state index contributed by atoms with van der Waals surface area (Å²) < 4.78 is 1.75. The number of hydrogen-bond donors (Lipinski definition) is 1. The Kier molecular flexibility index (Phi) is 6.12. The number of fused-ring (bicyclic) bond motifs is 1. The number of carbonyl (C=O) groups is 2. The van der Waals surface area contributed by atoms with Crippen molar-refractivity contribution in [2.24, 2.45) is 0 Å². The quantitative estimate of drug-likeness (QED) is 0.270. The van der Waals surface area contributed by atoms with Gasteiger partial charge in [-0.3, -0.25) is 14.2 Å². The summed E-state index contributed by atoms with van der Waals surface area (Å²) >= 11 is 6.23. The van der Waals surface area contributed by atoms with Crippen LogP contribution in [0.5, 0.6) is 0 Å². The van der Waals surface area contributed by atoms with Crippen LogP contribution in [0.4, 0.5) is 0 Å². The first-order valence-corrected chi connectivity index (χ1v) is 11.4. The van der Waals surface area contributed by atoms with Crippen molar-refractivity contribution in [2.45, 2.75) is 12.8 Å². The minimum absolute atomic E-state index is 0.107. The molecule has 0 fully saturated rings. The lowest BCUT2D eigenvalue weighted by Gasteiger charge is -2.12.